The van der Waals surface area contributed by atoms with E-state index in [1.807, 2.05) is 31.2 Å². The average molecular weight is 423 g/mol. The van der Waals surface area contributed by atoms with Crippen molar-refractivity contribution in [2.45, 2.75) is 26.6 Å². The Labute approximate surface area is 178 Å². The Hall–Kier alpha value is -3.43. The van der Waals surface area contributed by atoms with Gasteiger partial charge in [-0.05, 0) is 58.6 Å². The van der Waals surface area contributed by atoms with Crippen LogP contribution in [0.4, 0.5) is 4.39 Å². The number of pyridine rings is 1. The van der Waals surface area contributed by atoms with Crippen LogP contribution in [0.1, 0.15) is 22.5 Å². The Morgan fingerprint density at radius 1 is 1.13 bits per heavy atom. The Kier molecular flexibility index (Phi) is 6.15. The fourth-order valence-corrected chi connectivity index (χ4v) is 3.63. The molecule has 0 radical (unpaired) electrons. The smallest absolute Gasteiger partial charge is 0.257 e. The minimum Gasteiger partial charge on any atom is -0.391 e. The number of aliphatic hydroxyl groups is 1. The minimum absolute atomic E-state index is 0.0283. The van der Waals surface area contributed by atoms with E-state index in [4.69, 9.17) is 0 Å². The van der Waals surface area contributed by atoms with E-state index >= 15 is 0 Å². The number of fused-ring (bicyclic) bond motifs is 1. The van der Waals surface area contributed by atoms with Gasteiger partial charge in [-0.2, -0.15) is 0 Å². The monoisotopic (exact) mass is 423 g/mol. The number of aromatic amines is 1. The lowest BCUT2D eigenvalue weighted by atomic mass is 10.1. The predicted molar refractivity (Wildman–Crippen MR) is 113 cm³/mol. The second-order valence-corrected chi connectivity index (χ2v) is 7.67. The van der Waals surface area contributed by atoms with E-state index in [0.717, 1.165) is 26.9 Å². The highest BCUT2D eigenvalue weighted by molar-refractivity contribution is 5.79. The molecule has 2 heterocycles. The van der Waals surface area contributed by atoms with Gasteiger partial charge in [-0.1, -0.05) is 23.8 Å². The first kappa shape index (κ1) is 20.8. The third kappa shape index (κ3) is 5.01. The van der Waals surface area contributed by atoms with Gasteiger partial charge in [0.15, 0.2) is 0 Å². The summed E-state index contributed by atoms with van der Waals surface area (Å²) in [6.07, 6.45) is 0. The predicted octanol–water partition coefficient (Wildman–Crippen LogP) is 0.588. The van der Waals surface area contributed by atoms with Gasteiger partial charge < -0.3 is 15.0 Å². The van der Waals surface area contributed by atoms with Gasteiger partial charge in [-0.15, -0.1) is 5.10 Å². The molecule has 0 aliphatic carbocycles. The number of halogens is 1. The number of tetrazole rings is 1. The van der Waals surface area contributed by atoms with Crippen LogP contribution in [0.15, 0.2) is 53.3 Å². The number of H-pyrrole nitrogens is 1. The number of quaternary nitrogens is 1. The average Bonchev–Trinajstić information content (AvgIpc) is 3.17. The van der Waals surface area contributed by atoms with Gasteiger partial charge in [0.25, 0.3) is 5.56 Å². The molecule has 3 N–H and O–H groups in total. The first-order chi connectivity index (χ1) is 15.0. The van der Waals surface area contributed by atoms with Crippen LogP contribution < -0.4 is 10.5 Å². The molecule has 0 spiro atoms. The second-order valence-electron chi connectivity index (χ2n) is 7.67. The number of nitrogens with zero attached hydrogens (tertiary/aromatic N) is 4. The molecular weight excluding hydrogens is 399 g/mol. The highest BCUT2D eigenvalue weighted by Crippen LogP contribution is 2.13. The summed E-state index contributed by atoms with van der Waals surface area (Å²) in [5.41, 5.74) is 3.29. The molecule has 8 nitrogen and oxygen atoms in total. The van der Waals surface area contributed by atoms with E-state index < -0.39 is 0 Å². The van der Waals surface area contributed by atoms with Crippen LogP contribution in [0.5, 0.6) is 0 Å². The zero-order valence-electron chi connectivity index (χ0n) is 17.2. The second kappa shape index (κ2) is 9.15. The summed E-state index contributed by atoms with van der Waals surface area (Å²) in [6.45, 7) is 3.68. The summed E-state index contributed by atoms with van der Waals surface area (Å²) in [5, 5.41) is 22.4. The molecule has 0 fully saturated rings. The quantitative estimate of drug-likeness (QED) is 0.385. The summed E-state index contributed by atoms with van der Waals surface area (Å²) >= 11 is 0. The van der Waals surface area contributed by atoms with Gasteiger partial charge in [-0.25, -0.2) is 9.07 Å². The minimum atomic E-state index is -0.296. The molecule has 160 valence electrons. The highest BCUT2D eigenvalue weighted by atomic mass is 19.1. The molecule has 31 heavy (non-hydrogen) atoms. The number of nitrogens with one attached hydrogen (secondary N) is 2. The van der Waals surface area contributed by atoms with Crippen molar-refractivity contribution < 1.29 is 14.4 Å². The van der Waals surface area contributed by atoms with Gasteiger partial charge in [0.05, 0.1) is 18.7 Å². The number of rotatable bonds is 8. The van der Waals surface area contributed by atoms with Crippen molar-refractivity contribution in [1.82, 2.24) is 25.2 Å². The van der Waals surface area contributed by atoms with Crippen LogP contribution in [0, 0.1) is 12.7 Å². The van der Waals surface area contributed by atoms with Gasteiger partial charge in [0.2, 0.25) is 5.82 Å². The summed E-state index contributed by atoms with van der Waals surface area (Å²) in [4.78, 5) is 16.5. The lowest BCUT2D eigenvalue weighted by Crippen LogP contribution is -3.10. The zero-order valence-corrected chi connectivity index (χ0v) is 17.2. The third-order valence-corrected chi connectivity index (χ3v) is 5.24. The maximum atomic E-state index is 13.2. The van der Waals surface area contributed by atoms with E-state index in [-0.39, 0.29) is 18.0 Å². The van der Waals surface area contributed by atoms with Gasteiger partial charge in [-0.3, -0.25) is 4.79 Å². The maximum Gasteiger partial charge on any atom is 0.257 e. The van der Waals surface area contributed by atoms with Crippen LogP contribution in [0.25, 0.3) is 10.9 Å². The normalized spacial score (nSPS) is 12.4. The van der Waals surface area contributed by atoms with Crippen LogP contribution in [-0.4, -0.2) is 43.4 Å². The lowest BCUT2D eigenvalue weighted by Gasteiger charge is -2.18. The van der Waals surface area contributed by atoms with Crippen molar-refractivity contribution in [2.75, 3.05) is 13.2 Å². The number of aliphatic hydroxyl groups excluding tert-OH is 1. The lowest BCUT2D eigenvalue weighted by molar-refractivity contribution is -0.928. The van der Waals surface area contributed by atoms with Crippen molar-refractivity contribution in [3.8, 4) is 0 Å². The molecule has 0 bridgehead atoms. The topological polar surface area (TPSA) is 101 Å². The number of hydrogen-bond acceptors (Lipinski definition) is 5. The molecule has 1 unspecified atom stereocenters. The molecule has 0 amide bonds. The molecule has 4 rings (SSSR count). The molecule has 0 saturated carbocycles. The summed E-state index contributed by atoms with van der Waals surface area (Å²) < 4.78 is 14.8. The molecule has 2 aromatic heterocycles. The molecule has 1 atom stereocenters. The summed E-state index contributed by atoms with van der Waals surface area (Å²) in [7, 11) is 0. The van der Waals surface area contributed by atoms with Crippen LogP contribution in [-0.2, 0) is 19.6 Å². The van der Waals surface area contributed by atoms with E-state index in [1.165, 1.54) is 12.1 Å². The third-order valence-electron chi connectivity index (χ3n) is 5.24. The fraction of sp³-hybridized carbons (Fsp3) is 0.273. The Morgan fingerprint density at radius 2 is 1.94 bits per heavy atom. The van der Waals surface area contributed by atoms with Crippen molar-refractivity contribution in [2.24, 2.45) is 0 Å². The Morgan fingerprint density at radius 3 is 2.71 bits per heavy atom. The standard InChI is InChI=1S/C22H23FN6O2/c1-15-2-7-20-17(10-15)11-18(22(31)24-20)13-28(8-9-30)14-21-25-26-27-29(21)12-16-3-5-19(23)6-4-16/h2-7,10-11,30H,8-9,12-14H2,1H3,(H,24,31)/p+1. The number of aromatic nitrogens is 5. The van der Waals surface area contributed by atoms with Crippen molar-refractivity contribution in [3.63, 3.8) is 0 Å². The Balaban J connectivity index is 1.55. The van der Waals surface area contributed by atoms with Crippen LogP contribution in [0.2, 0.25) is 0 Å². The first-order valence-electron chi connectivity index (χ1n) is 10.1. The summed E-state index contributed by atoms with van der Waals surface area (Å²) in [5.74, 6) is 0.330. The SMILES string of the molecule is Cc1ccc2[nH]c(=O)c(C[NH+](CCO)Cc3nnnn3Cc3ccc(F)cc3)cc2c1. The van der Waals surface area contributed by atoms with Crippen molar-refractivity contribution in [3.05, 3.63) is 87.2 Å². The maximum absolute atomic E-state index is 13.2. The van der Waals surface area contributed by atoms with Gasteiger partial charge in [0, 0.05) is 5.52 Å². The number of aryl methyl sites for hydroxylation is 1. The molecule has 0 aliphatic heterocycles. The van der Waals surface area contributed by atoms with Crippen molar-refractivity contribution in [1.29, 1.82) is 0 Å². The zero-order chi connectivity index (χ0) is 21.8. The Bertz CT molecular complexity index is 1230. The van der Waals surface area contributed by atoms with Gasteiger partial charge >= 0.3 is 0 Å². The number of hydrogen-bond donors (Lipinski definition) is 3. The summed E-state index contributed by atoms with van der Waals surface area (Å²) in [6, 6.07) is 14.0. The van der Waals surface area contributed by atoms with E-state index in [1.54, 1.807) is 16.8 Å². The largest absolute Gasteiger partial charge is 0.391 e. The molecule has 0 aliphatic rings. The molecule has 4 aromatic rings. The number of benzene rings is 2. The van der Waals surface area contributed by atoms with Crippen molar-refractivity contribution >= 4 is 10.9 Å². The van der Waals surface area contributed by atoms with Gasteiger partial charge in [0.1, 0.15) is 25.5 Å². The van der Waals surface area contributed by atoms with E-state index in [0.29, 0.717) is 37.6 Å². The van der Waals surface area contributed by atoms with Crippen LogP contribution in [0.3, 0.4) is 0 Å². The van der Waals surface area contributed by atoms with E-state index in [2.05, 4.69) is 20.5 Å². The fourth-order valence-electron chi connectivity index (χ4n) is 3.63. The molecule has 2 aromatic carbocycles. The molecular formula is C22H24FN6O2+. The van der Waals surface area contributed by atoms with E-state index in [9.17, 15) is 14.3 Å². The molecule has 0 saturated heterocycles. The molecule has 9 heteroatoms. The van der Waals surface area contributed by atoms with Crippen LogP contribution >= 0.6 is 0 Å². The first-order valence-corrected chi connectivity index (χ1v) is 10.1. The highest BCUT2D eigenvalue weighted by Gasteiger charge is 2.18.